The topological polar surface area (TPSA) is 53.1 Å². The number of ether oxygens (including phenoxy) is 1. The summed E-state index contributed by atoms with van der Waals surface area (Å²) in [4.78, 5) is 0. The molecule has 0 aliphatic heterocycles. The van der Waals surface area contributed by atoms with Crippen molar-refractivity contribution < 1.29 is 4.74 Å². The third-order valence-electron chi connectivity index (χ3n) is 3.20. The average molecular weight is 273 g/mol. The van der Waals surface area contributed by atoms with Crippen molar-refractivity contribution >= 4 is 5.82 Å². The molecule has 4 nitrogen and oxygen atoms in total. The highest BCUT2D eigenvalue weighted by molar-refractivity contribution is 5.27. The molecule has 2 aromatic rings. The van der Waals surface area contributed by atoms with Crippen molar-refractivity contribution in [3.63, 3.8) is 0 Å². The predicted molar refractivity (Wildman–Crippen MR) is 81.8 cm³/mol. The lowest BCUT2D eigenvalue weighted by molar-refractivity contribution is 0.298. The van der Waals surface area contributed by atoms with Crippen LogP contribution in [0.4, 0.5) is 5.82 Å². The lowest BCUT2D eigenvalue weighted by Gasteiger charge is -2.07. The number of nitrogens with zero attached hydrogens (tertiary/aromatic N) is 2. The van der Waals surface area contributed by atoms with Crippen LogP contribution in [0, 0.1) is 0 Å². The Morgan fingerprint density at radius 1 is 1.15 bits per heavy atom. The van der Waals surface area contributed by atoms with Gasteiger partial charge in [-0.25, -0.2) is 0 Å². The van der Waals surface area contributed by atoms with Gasteiger partial charge in [-0.15, -0.1) is 0 Å². The quantitative estimate of drug-likeness (QED) is 0.751. The number of hydrogen-bond acceptors (Lipinski definition) is 3. The van der Waals surface area contributed by atoms with E-state index in [0.29, 0.717) is 12.4 Å². The Kier molecular flexibility index (Phi) is 5.47. The molecule has 1 aromatic heterocycles. The van der Waals surface area contributed by atoms with Crippen LogP contribution in [0.15, 0.2) is 36.5 Å². The van der Waals surface area contributed by atoms with E-state index in [4.69, 9.17) is 10.5 Å². The molecule has 0 saturated carbocycles. The second-order valence-electron chi connectivity index (χ2n) is 4.95. The molecule has 1 aromatic carbocycles. The first-order valence-corrected chi connectivity index (χ1v) is 7.28. The minimum absolute atomic E-state index is 0.564. The van der Waals surface area contributed by atoms with Gasteiger partial charge in [-0.05, 0) is 36.6 Å². The number of rotatable bonds is 8. The predicted octanol–water partition coefficient (Wildman–Crippen LogP) is 3.28. The van der Waals surface area contributed by atoms with Gasteiger partial charge in [0.2, 0.25) is 0 Å². The maximum atomic E-state index is 5.72. The van der Waals surface area contributed by atoms with Crippen molar-refractivity contribution in [3.8, 4) is 5.75 Å². The van der Waals surface area contributed by atoms with Crippen molar-refractivity contribution in [2.24, 2.45) is 0 Å². The molecule has 0 spiro atoms. The number of nitrogen functional groups attached to an aromatic ring is 1. The number of aryl methyl sites for hydroxylation is 2. The number of hydrogen-bond donors (Lipinski definition) is 1. The van der Waals surface area contributed by atoms with Gasteiger partial charge in [0.25, 0.3) is 0 Å². The maximum absolute atomic E-state index is 5.72. The Morgan fingerprint density at radius 2 is 1.95 bits per heavy atom. The minimum Gasteiger partial charge on any atom is -0.494 e. The smallest absolute Gasteiger partial charge is 0.145 e. The van der Waals surface area contributed by atoms with Crippen molar-refractivity contribution in [2.75, 3.05) is 12.3 Å². The summed E-state index contributed by atoms with van der Waals surface area (Å²) in [6.45, 7) is 3.73. The average Bonchev–Trinajstić information content (AvgIpc) is 2.88. The molecule has 1 heterocycles. The molecule has 0 bridgehead atoms. The van der Waals surface area contributed by atoms with Crippen molar-refractivity contribution in [1.29, 1.82) is 0 Å². The molecule has 0 atom stereocenters. The van der Waals surface area contributed by atoms with Gasteiger partial charge in [-0.2, -0.15) is 5.10 Å². The van der Waals surface area contributed by atoms with E-state index in [0.717, 1.165) is 25.1 Å². The maximum Gasteiger partial charge on any atom is 0.145 e. The van der Waals surface area contributed by atoms with E-state index in [2.05, 4.69) is 36.3 Å². The Bertz CT molecular complexity index is 505. The molecule has 20 heavy (non-hydrogen) atoms. The van der Waals surface area contributed by atoms with E-state index < -0.39 is 0 Å². The standard InChI is InChI=1S/C16H23N3O/c1-2-3-5-14-6-8-15(9-7-14)20-13-4-11-19-12-10-16(17)18-19/h6-10,12H,2-5,11,13H2,1H3,(H2,17,18). The summed E-state index contributed by atoms with van der Waals surface area (Å²) in [6.07, 6.45) is 6.43. The van der Waals surface area contributed by atoms with E-state index >= 15 is 0 Å². The minimum atomic E-state index is 0.564. The highest BCUT2D eigenvalue weighted by Gasteiger charge is 1.97. The summed E-state index contributed by atoms with van der Waals surface area (Å²) in [5, 5.41) is 4.13. The molecular weight excluding hydrogens is 250 g/mol. The summed E-state index contributed by atoms with van der Waals surface area (Å²) in [6, 6.07) is 10.2. The Labute approximate surface area is 120 Å². The zero-order chi connectivity index (χ0) is 14.2. The zero-order valence-corrected chi connectivity index (χ0v) is 12.1. The zero-order valence-electron chi connectivity index (χ0n) is 12.1. The number of unbranched alkanes of at least 4 members (excludes halogenated alkanes) is 1. The van der Waals surface area contributed by atoms with Gasteiger partial charge in [-0.1, -0.05) is 25.5 Å². The Hall–Kier alpha value is -1.97. The molecular formula is C16H23N3O. The molecule has 0 fully saturated rings. The third-order valence-corrected chi connectivity index (χ3v) is 3.20. The van der Waals surface area contributed by atoms with Crippen LogP contribution in [0.1, 0.15) is 31.7 Å². The van der Waals surface area contributed by atoms with E-state index in [1.807, 2.05) is 10.9 Å². The fourth-order valence-electron chi connectivity index (χ4n) is 2.05. The summed E-state index contributed by atoms with van der Waals surface area (Å²) in [7, 11) is 0. The first-order valence-electron chi connectivity index (χ1n) is 7.28. The van der Waals surface area contributed by atoms with Gasteiger partial charge >= 0.3 is 0 Å². The van der Waals surface area contributed by atoms with E-state index in [-0.39, 0.29) is 0 Å². The first-order chi connectivity index (χ1) is 9.78. The number of aromatic nitrogens is 2. The third kappa shape index (κ3) is 4.61. The Balaban J connectivity index is 1.68. The van der Waals surface area contributed by atoms with Gasteiger partial charge in [-0.3, -0.25) is 4.68 Å². The lowest BCUT2D eigenvalue weighted by atomic mass is 10.1. The van der Waals surface area contributed by atoms with Gasteiger partial charge in [0.15, 0.2) is 0 Å². The van der Waals surface area contributed by atoms with Crippen LogP contribution in [-0.4, -0.2) is 16.4 Å². The Morgan fingerprint density at radius 3 is 2.60 bits per heavy atom. The second kappa shape index (κ2) is 7.58. The van der Waals surface area contributed by atoms with Crippen LogP contribution in [0.2, 0.25) is 0 Å². The lowest BCUT2D eigenvalue weighted by Crippen LogP contribution is -2.05. The first kappa shape index (κ1) is 14.4. The molecule has 0 radical (unpaired) electrons. The monoisotopic (exact) mass is 273 g/mol. The van der Waals surface area contributed by atoms with Crippen LogP contribution >= 0.6 is 0 Å². The molecule has 0 aliphatic carbocycles. The van der Waals surface area contributed by atoms with E-state index in [1.165, 1.54) is 18.4 Å². The largest absolute Gasteiger partial charge is 0.494 e. The molecule has 2 N–H and O–H groups in total. The van der Waals surface area contributed by atoms with Crippen LogP contribution in [0.25, 0.3) is 0 Å². The number of anilines is 1. The van der Waals surface area contributed by atoms with Gasteiger partial charge in [0.05, 0.1) is 6.61 Å². The summed E-state index contributed by atoms with van der Waals surface area (Å²) < 4.78 is 7.56. The normalized spacial score (nSPS) is 10.7. The molecule has 0 aliphatic rings. The highest BCUT2D eigenvalue weighted by atomic mass is 16.5. The molecule has 2 rings (SSSR count). The van der Waals surface area contributed by atoms with Crippen LogP contribution < -0.4 is 10.5 Å². The molecule has 4 heteroatoms. The van der Waals surface area contributed by atoms with Crippen molar-refractivity contribution in [2.45, 2.75) is 39.2 Å². The molecule has 108 valence electrons. The van der Waals surface area contributed by atoms with E-state index in [9.17, 15) is 0 Å². The summed E-state index contributed by atoms with van der Waals surface area (Å²) in [5.41, 5.74) is 6.94. The molecule has 0 unspecified atom stereocenters. The number of benzene rings is 1. The van der Waals surface area contributed by atoms with Gasteiger partial charge in [0, 0.05) is 19.2 Å². The fraction of sp³-hybridized carbons (Fsp3) is 0.438. The SMILES string of the molecule is CCCCc1ccc(OCCCn2ccc(N)n2)cc1. The van der Waals surface area contributed by atoms with Crippen LogP contribution in [0.3, 0.4) is 0 Å². The summed E-state index contributed by atoms with van der Waals surface area (Å²) >= 11 is 0. The van der Waals surface area contributed by atoms with Gasteiger partial charge in [0.1, 0.15) is 11.6 Å². The molecule has 0 saturated heterocycles. The van der Waals surface area contributed by atoms with E-state index in [1.54, 1.807) is 6.07 Å². The number of nitrogens with two attached hydrogens (primary N) is 1. The molecule has 0 amide bonds. The highest BCUT2D eigenvalue weighted by Crippen LogP contribution is 2.14. The van der Waals surface area contributed by atoms with Crippen LogP contribution in [0.5, 0.6) is 5.75 Å². The fourth-order valence-corrected chi connectivity index (χ4v) is 2.05. The second-order valence-corrected chi connectivity index (χ2v) is 4.95. The summed E-state index contributed by atoms with van der Waals surface area (Å²) in [5.74, 6) is 1.50. The van der Waals surface area contributed by atoms with Crippen molar-refractivity contribution in [1.82, 2.24) is 9.78 Å². The van der Waals surface area contributed by atoms with Crippen molar-refractivity contribution in [3.05, 3.63) is 42.1 Å². The van der Waals surface area contributed by atoms with Crippen LogP contribution in [-0.2, 0) is 13.0 Å². The van der Waals surface area contributed by atoms with Gasteiger partial charge < -0.3 is 10.5 Å².